The lowest BCUT2D eigenvalue weighted by atomic mass is 10.0. The minimum atomic E-state index is -3.25. The zero-order chi connectivity index (χ0) is 16.6. The van der Waals surface area contributed by atoms with Crippen LogP contribution in [0, 0.1) is 13.8 Å². The molecule has 0 bridgehead atoms. The molecular formula is C17H18N2O3S. The molecule has 0 spiro atoms. The second kappa shape index (κ2) is 5.77. The van der Waals surface area contributed by atoms with Crippen molar-refractivity contribution in [1.82, 2.24) is 10.3 Å². The van der Waals surface area contributed by atoms with E-state index in [9.17, 15) is 13.2 Å². The van der Waals surface area contributed by atoms with E-state index in [0.717, 1.165) is 16.8 Å². The predicted molar refractivity (Wildman–Crippen MR) is 87.3 cm³/mol. The van der Waals surface area contributed by atoms with Crippen molar-refractivity contribution in [3.05, 3.63) is 58.9 Å². The first-order valence-electron chi connectivity index (χ1n) is 7.42. The lowest BCUT2D eigenvalue weighted by Gasteiger charge is -2.11. The molecule has 0 radical (unpaired) electrons. The molecule has 0 aliphatic carbocycles. The molecule has 0 saturated carbocycles. The van der Waals surface area contributed by atoms with Crippen molar-refractivity contribution in [2.24, 2.45) is 0 Å². The number of rotatable bonds is 3. The van der Waals surface area contributed by atoms with Gasteiger partial charge in [0, 0.05) is 18.2 Å². The Balaban J connectivity index is 1.74. The van der Waals surface area contributed by atoms with Crippen molar-refractivity contribution in [2.45, 2.75) is 24.7 Å². The number of carbonyl (C=O) groups excluding carboxylic acids is 1. The van der Waals surface area contributed by atoms with Crippen LogP contribution < -0.4 is 5.32 Å². The first-order valence-corrected chi connectivity index (χ1v) is 9.08. The molecule has 2 aromatic rings. The predicted octanol–water partition coefficient (Wildman–Crippen LogP) is 2.00. The van der Waals surface area contributed by atoms with Crippen LogP contribution in [-0.4, -0.2) is 31.6 Å². The molecule has 1 aromatic heterocycles. The maximum atomic E-state index is 12.2. The van der Waals surface area contributed by atoms with Crippen LogP contribution in [-0.2, 0) is 9.84 Å². The van der Waals surface area contributed by atoms with E-state index in [0.29, 0.717) is 10.6 Å². The van der Waals surface area contributed by atoms with Crippen LogP contribution in [0.25, 0.3) is 0 Å². The van der Waals surface area contributed by atoms with E-state index in [1.54, 1.807) is 18.2 Å². The van der Waals surface area contributed by atoms with Gasteiger partial charge in [0.05, 0.1) is 10.6 Å². The average molecular weight is 330 g/mol. The maximum absolute atomic E-state index is 12.2. The third kappa shape index (κ3) is 2.99. The second-order valence-electron chi connectivity index (χ2n) is 5.82. The Kier molecular flexibility index (Phi) is 3.93. The summed E-state index contributed by atoms with van der Waals surface area (Å²) in [6, 6.07) is 10.5. The van der Waals surface area contributed by atoms with Crippen LogP contribution in [0.5, 0.6) is 0 Å². The minimum absolute atomic E-state index is 0.0347. The summed E-state index contributed by atoms with van der Waals surface area (Å²) in [5.41, 5.74) is 2.96. The van der Waals surface area contributed by atoms with Crippen molar-refractivity contribution in [2.75, 3.05) is 12.3 Å². The van der Waals surface area contributed by atoms with E-state index in [-0.39, 0.29) is 24.1 Å². The maximum Gasteiger partial charge on any atom is 0.269 e. The number of aromatic nitrogens is 1. The second-order valence-corrected chi connectivity index (χ2v) is 7.83. The monoisotopic (exact) mass is 330 g/mol. The Labute approximate surface area is 135 Å². The Morgan fingerprint density at radius 1 is 1.22 bits per heavy atom. The first kappa shape index (κ1) is 15.7. The lowest BCUT2D eigenvalue weighted by molar-refractivity contribution is 0.0946. The number of fused-ring (bicyclic) bond motifs is 1. The van der Waals surface area contributed by atoms with Gasteiger partial charge in [-0.15, -0.1) is 0 Å². The first-order chi connectivity index (χ1) is 10.9. The quantitative estimate of drug-likeness (QED) is 0.934. The molecule has 5 nitrogen and oxygen atoms in total. The molecule has 120 valence electrons. The van der Waals surface area contributed by atoms with Crippen LogP contribution in [0.15, 0.2) is 41.3 Å². The number of hydrogen-bond acceptors (Lipinski definition) is 4. The van der Waals surface area contributed by atoms with E-state index in [1.807, 2.05) is 32.0 Å². The summed E-state index contributed by atoms with van der Waals surface area (Å²) in [7, 11) is -3.25. The highest BCUT2D eigenvalue weighted by atomic mass is 32.2. The van der Waals surface area contributed by atoms with Crippen molar-refractivity contribution in [1.29, 1.82) is 0 Å². The molecular weight excluding hydrogens is 312 g/mol. The third-order valence-corrected chi connectivity index (χ3v) is 6.09. The fourth-order valence-corrected chi connectivity index (χ4v) is 4.66. The lowest BCUT2D eigenvalue weighted by Crippen LogP contribution is -2.29. The number of nitrogens with one attached hydrogen (secondary N) is 1. The largest absolute Gasteiger partial charge is 0.350 e. The highest BCUT2D eigenvalue weighted by Crippen LogP contribution is 2.34. The third-order valence-electron chi connectivity index (χ3n) is 4.21. The normalized spacial score (nSPS) is 18.4. The number of sulfone groups is 1. The Morgan fingerprint density at radius 3 is 2.70 bits per heavy atom. The summed E-state index contributed by atoms with van der Waals surface area (Å²) in [5.74, 6) is -0.464. The Morgan fingerprint density at radius 2 is 1.96 bits per heavy atom. The van der Waals surface area contributed by atoms with Crippen molar-refractivity contribution in [3.8, 4) is 0 Å². The number of pyridine rings is 1. The highest BCUT2D eigenvalue weighted by Gasteiger charge is 2.34. The fourth-order valence-electron chi connectivity index (χ4n) is 2.78. The topological polar surface area (TPSA) is 76.1 Å². The van der Waals surface area contributed by atoms with Crippen molar-refractivity contribution in [3.63, 3.8) is 0 Å². The van der Waals surface area contributed by atoms with Crippen LogP contribution in [0.4, 0.5) is 0 Å². The molecule has 1 aromatic carbocycles. The van der Waals surface area contributed by atoms with Gasteiger partial charge in [0.25, 0.3) is 5.91 Å². The Hall–Kier alpha value is -2.21. The van der Waals surface area contributed by atoms with Crippen LogP contribution in [0.1, 0.15) is 33.2 Å². The van der Waals surface area contributed by atoms with Crippen LogP contribution in [0.2, 0.25) is 0 Å². The van der Waals surface area contributed by atoms with Gasteiger partial charge < -0.3 is 5.32 Å². The van der Waals surface area contributed by atoms with E-state index >= 15 is 0 Å². The van der Waals surface area contributed by atoms with E-state index in [1.165, 1.54) is 0 Å². The van der Waals surface area contributed by atoms with E-state index in [2.05, 4.69) is 10.3 Å². The molecule has 1 atom stereocenters. The van der Waals surface area contributed by atoms with Crippen LogP contribution >= 0.6 is 0 Å². The fraction of sp³-hybridized carbons (Fsp3) is 0.294. The summed E-state index contributed by atoms with van der Waals surface area (Å²) < 4.78 is 24.3. The zero-order valence-electron chi connectivity index (χ0n) is 13.0. The van der Waals surface area contributed by atoms with Crippen molar-refractivity contribution < 1.29 is 13.2 Å². The van der Waals surface area contributed by atoms with Gasteiger partial charge in [0.15, 0.2) is 9.84 Å². The standard InChI is InChI=1S/C17H18N2O3S/c1-11-7-8-15(19-12(11)2)17(20)18-9-13-10-23(21,22)16-6-4-3-5-14(13)16/h3-8,13H,9-10H2,1-2H3,(H,18,20). The zero-order valence-corrected chi connectivity index (χ0v) is 13.9. The molecule has 0 fully saturated rings. The summed E-state index contributed by atoms with van der Waals surface area (Å²) in [5, 5.41) is 2.80. The highest BCUT2D eigenvalue weighted by molar-refractivity contribution is 7.91. The Bertz CT molecular complexity index is 875. The minimum Gasteiger partial charge on any atom is -0.350 e. The molecule has 6 heteroatoms. The van der Waals surface area contributed by atoms with Crippen molar-refractivity contribution >= 4 is 15.7 Å². The van der Waals surface area contributed by atoms with Gasteiger partial charge in [0.1, 0.15) is 5.69 Å². The molecule has 3 rings (SSSR count). The van der Waals surface area contributed by atoms with Crippen LogP contribution in [0.3, 0.4) is 0 Å². The smallest absolute Gasteiger partial charge is 0.269 e. The van der Waals surface area contributed by atoms with Gasteiger partial charge >= 0.3 is 0 Å². The van der Waals surface area contributed by atoms with Gasteiger partial charge in [0.2, 0.25) is 0 Å². The number of hydrogen-bond donors (Lipinski definition) is 1. The molecule has 1 aliphatic rings. The molecule has 1 unspecified atom stereocenters. The molecule has 0 saturated heterocycles. The average Bonchev–Trinajstić information content (AvgIpc) is 2.79. The molecule has 1 N–H and O–H groups in total. The summed E-state index contributed by atoms with van der Waals surface area (Å²) in [6.07, 6.45) is 0. The van der Waals surface area contributed by atoms with E-state index < -0.39 is 9.84 Å². The number of amides is 1. The molecule has 1 aliphatic heterocycles. The summed E-state index contributed by atoms with van der Waals surface area (Å²) in [6.45, 7) is 4.07. The molecule has 23 heavy (non-hydrogen) atoms. The number of aryl methyl sites for hydroxylation is 2. The molecule has 2 heterocycles. The van der Waals surface area contributed by atoms with E-state index in [4.69, 9.17) is 0 Å². The van der Waals surface area contributed by atoms with Gasteiger partial charge in [-0.2, -0.15) is 0 Å². The summed E-state index contributed by atoms with van der Waals surface area (Å²) >= 11 is 0. The number of carbonyl (C=O) groups is 1. The molecule has 1 amide bonds. The van der Waals surface area contributed by atoms with Gasteiger partial charge in [-0.3, -0.25) is 4.79 Å². The van der Waals surface area contributed by atoms with Gasteiger partial charge in [-0.05, 0) is 37.1 Å². The number of benzene rings is 1. The van der Waals surface area contributed by atoms with Gasteiger partial charge in [-0.1, -0.05) is 24.3 Å². The SMILES string of the molecule is Cc1ccc(C(=O)NCC2CS(=O)(=O)c3ccccc32)nc1C. The number of nitrogens with zero attached hydrogens (tertiary/aromatic N) is 1. The van der Waals surface area contributed by atoms with Gasteiger partial charge in [-0.25, -0.2) is 13.4 Å². The summed E-state index contributed by atoms with van der Waals surface area (Å²) in [4.78, 5) is 16.9.